The Morgan fingerprint density at radius 3 is 2.65 bits per heavy atom. The Morgan fingerprint density at radius 1 is 1.24 bits per heavy atom. The Balaban J connectivity index is 2.02. The highest BCUT2D eigenvalue weighted by Gasteiger charge is 2.15. The molecule has 1 aliphatic rings. The zero-order valence-corrected chi connectivity index (χ0v) is 11.0. The standard InChI is InChI=1S/C15H21NO/c1-15(2,3)16-14(17)10-11-7-8-12-5-4-6-13(12)9-11/h7-9H,4-6,10H2,1-3H3,(H,16,17). The number of benzene rings is 1. The molecule has 0 bridgehead atoms. The summed E-state index contributed by atoms with van der Waals surface area (Å²) in [6.07, 6.45) is 4.12. The average Bonchev–Trinajstić information content (AvgIpc) is 2.61. The average molecular weight is 231 g/mol. The summed E-state index contributed by atoms with van der Waals surface area (Å²) in [7, 11) is 0. The fraction of sp³-hybridized carbons (Fsp3) is 0.533. The second-order valence-corrected chi connectivity index (χ2v) is 5.93. The van der Waals surface area contributed by atoms with Gasteiger partial charge in [-0.05, 0) is 56.7 Å². The summed E-state index contributed by atoms with van der Waals surface area (Å²) >= 11 is 0. The number of hydrogen-bond acceptors (Lipinski definition) is 1. The Hall–Kier alpha value is -1.31. The fourth-order valence-electron chi connectivity index (χ4n) is 2.38. The van der Waals surface area contributed by atoms with E-state index in [1.165, 1.54) is 30.4 Å². The van der Waals surface area contributed by atoms with Gasteiger partial charge >= 0.3 is 0 Å². The van der Waals surface area contributed by atoms with Crippen LogP contribution in [-0.2, 0) is 24.1 Å². The van der Waals surface area contributed by atoms with Crippen LogP contribution in [0, 0.1) is 0 Å². The third-order valence-corrected chi connectivity index (χ3v) is 3.04. The zero-order chi connectivity index (χ0) is 12.5. The first-order valence-corrected chi connectivity index (χ1v) is 6.36. The second kappa shape index (κ2) is 4.52. The van der Waals surface area contributed by atoms with Crippen LogP contribution in [0.1, 0.15) is 43.9 Å². The van der Waals surface area contributed by atoms with Crippen LogP contribution in [0.3, 0.4) is 0 Å². The number of hydrogen-bond donors (Lipinski definition) is 1. The molecule has 1 aliphatic carbocycles. The van der Waals surface area contributed by atoms with Crippen molar-refractivity contribution in [2.45, 2.75) is 52.0 Å². The van der Waals surface area contributed by atoms with Crippen LogP contribution in [-0.4, -0.2) is 11.4 Å². The van der Waals surface area contributed by atoms with Gasteiger partial charge in [0, 0.05) is 5.54 Å². The monoisotopic (exact) mass is 231 g/mol. The van der Waals surface area contributed by atoms with Crippen molar-refractivity contribution >= 4 is 5.91 Å². The van der Waals surface area contributed by atoms with Crippen LogP contribution >= 0.6 is 0 Å². The molecule has 0 heterocycles. The van der Waals surface area contributed by atoms with Gasteiger partial charge < -0.3 is 5.32 Å². The normalized spacial score (nSPS) is 14.5. The predicted octanol–water partition coefficient (Wildman–Crippen LogP) is 2.63. The molecular weight excluding hydrogens is 210 g/mol. The molecule has 0 spiro atoms. The maximum Gasteiger partial charge on any atom is 0.224 e. The van der Waals surface area contributed by atoms with E-state index in [0.29, 0.717) is 6.42 Å². The SMILES string of the molecule is CC(C)(C)NC(=O)Cc1ccc2c(c1)CCC2. The molecule has 0 radical (unpaired) electrons. The largest absolute Gasteiger partial charge is 0.351 e. The Kier molecular flexibility index (Phi) is 3.23. The van der Waals surface area contributed by atoms with Crippen molar-refractivity contribution in [1.82, 2.24) is 5.32 Å². The lowest BCUT2D eigenvalue weighted by molar-refractivity contribution is -0.121. The molecule has 0 aliphatic heterocycles. The highest BCUT2D eigenvalue weighted by Crippen LogP contribution is 2.23. The van der Waals surface area contributed by atoms with Crippen molar-refractivity contribution in [3.05, 3.63) is 34.9 Å². The van der Waals surface area contributed by atoms with E-state index in [2.05, 4.69) is 23.5 Å². The minimum Gasteiger partial charge on any atom is -0.351 e. The smallest absolute Gasteiger partial charge is 0.224 e. The molecule has 0 aromatic heterocycles. The molecule has 0 saturated carbocycles. The van der Waals surface area contributed by atoms with Crippen LogP contribution in [0.15, 0.2) is 18.2 Å². The minimum atomic E-state index is -0.145. The molecule has 1 N–H and O–H groups in total. The lowest BCUT2D eigenvalue weighted by Crippen LogP contribution is -2.41. The van der Waals surface area contributed by atoms with E-state index < -0.39 is 0 Å². The van der Waals surface area contributed by atoms with E-state index in [-0.39, 0.29) is 11.4 Å². The van der Waals surface area contributed by atoms with Gasteiger partial charge in [-0.15, -0.1) is 0 Å². The molecular formula is C15H21NO. The summed E-state index contributed by atoms with van der Waals surface area (Å²) in [6.45, 7) is 6.02. The van der Waals surface area contributed by atoms with Gasteiger partial charge in [0.05, 0.1) is 6.42 Å². The van der Waals surface area contributed by atoms with Crippen LogP contribution < -0.4 is 5.32 Å². The van der Waals surface area contributed by atoms with Gasteiger partial charge in [0.1, 0.15) is 0 Å². The highest BCUT2D eigenvalue weighted by molar-refractivity contribution is 5.79. The lowest BCUT2D eigenvalue weighted by atomic mass is 10.0. The number of nitrogens with one attached hydrogen (secondary N) is 1. The van der Waals surface area contributed by atoms with Crippen molar-refractivity contribution in [1.29, 1.82) is 0 Å². The van der Waals surface area contributed by atoms with E-state index in [4.69, 9.17) is 0 Å². The number of carbonyl (C=O) groups is 1. The van der Waals surface area contributed by atoms with E-state index in [0.717, 1.165) is 5.56 Å². The molecule has 0 atom stereocenters. The molecule has 2 rings (SSSR count). The Bertz CT molecular complexity index is 429. The molecule has 92 valence electrons. The Morgan fingerprint density at radius 2 is 1.94 bits per heavy atom. The number of fused-ring (bicyclic) bond motifs is 1. The van der Waals surface area contributed by atoms with Crippen LogP contribution in [0.2, 0.25) is 0 Å². The molecule has 1 amide bonds. The molecule has 2 nitrogen and oxygen atoms in total. The topological polar surface area (TPSA) is 29.1 Å². The van der Waals surface area contributed by atoms with Crippen molar-refractivity contribution in [2.75, 3.05) is 0 Å². The van der Waals surface area contributed by atoms with Gasteiger partial charge in [-0.1, -0.05) is 18.2 Å². The maximum absolute atomic E-state index is 11.8. The van der Waals surface area contributed by atoms with Crippen molar-refractivity contribution < 1.29 is 4.79 Å². The van der Waals surface area contributed by atoms with Crippen molar-refractivity contribution in [3.8, 4) is 0 Å². The van der Waals surface area contributed by atoms with Gasteiger partial charge in [0.25, 0.3) is 0 Å². The number of amides is 1. The van der Waals surface area contributed by atoms with Crippen LogP contribution in [0.5, 0.6) is 0 Å². The molecule has 1 aromatic rings. The summed E-state index contributed by atoms with van der Waals surface area (Å²) in [6, 6.07) is 6.47. The first-order chi connectivity index (χ1) is 7.94. The van der Waals surface area contributed by atoms with Gasteiger partial charge in [-0.2, -0.15) is 0 Å². The van der Waals surface area contributed by atoms with Crippen LogP contribution in [0.4, 0.5) is 0 Å². The van der Waals surface area contributed by atoms with Gasteiger partial charge in [-0.3, -0.25) is 4.79 Å². The molecule has 2 heteroatoms. The third kappa shape index (κ3) is 3.32. The maximum atomic E-state index is 11.8. The lowest BCUT2D eigenvalue weighted by Gasteiger charge is -2.20. The van der Waals surface area contributed by atoms with E-state index >= 15 is 0 Å². The predicted molar refractivity (Wildman–Crippen MR) is 70.1 cm³/mol. The second-order valence-electron chi connectivity index (χ2n) is 5.93. The molecule has 0 saturated heterocycles. The summed E-state index contributed by atoms with van der Waals surface area (Å²) in [4.78, 5) is 11.8. The Labute approximate surface area is 103 Å². The van der Waals surface area contributed by atoms with Gasteiger partial charge in [0.15, 0.2) is 0 Å². The summed E-state index contributed by atoms with van der Waals surface area (Å²) in [5, 5.41) is 3.00. The molecule has 0 fully saturated rings. The fourth-order valence-corrected chi connectivity index (χ4v) is 2.38. The first-order valence-electron chi connectivity index (χ1n) is 6.36. The molecule has 0 unspecified atom stereocenters. The summed E-state index contributed by atoms with van der Waals surface area (Å²) < 4.78 is 0. The molecule has 17 heavy (non-hydrogen) atoms. The first kappa shape index (κ1) is 12.2. The summed E-state index contributed by atoms with van der Waals surface area (Å²) in [5.74, 6) is 0.107. The number of aryl methyl sites for hydroxylation is 2. The third-order valence-electron chi connectivity index (χ3n) is 3.04. The van der Waals surface area contributed by atoms with Crippen molar-refractivity contribution in [3.63, 3.8) is 0 Å². The number of rotatable bonds is 2. The van der Waals surface area contributed by atoms with E-state index in [1.54, 1.807) is 0 Å². The number of carbonyl (C=O) groups excluding carboxylic acids is 1. The quantitative estimate of drug-likeness (QED) is 0.833. The van der Waals surface area contributed by atoms with Gasteiger partial charge in [0.2, 0.25) is 5.91 Å². The van der Waals surface area contributed by atoms with Crippen molar-refractivity contribution in [2.24, 2.45) is 0 Å². The zero-order valence-electron chi connectivity index (χ0n) is 11.0. The van der Waals surface area contributed by atoms with Gasteiger partial charge in [-0.25, -0.2) is 0 Å². The van der Waals surface area contributed by atoms with Crippen LogP contribution in [0.25, 0.3) is 0 Å². The minimum absolute atomic E-state index is 0.107. The highest BCUT2D eigenvalue weighted by atomic mass is 16.1. The summed E-state index contributed by atoms with van der Waals surface area (Å²) in [5.41, 5.74) is 3.89. The molecule has 1 aromatic carbocycles. The van der Waals surface area contributed by atoms with E-state index in [1.807, 2.05) is 20.8 Å². The van der Waals surface area contributed by atoms with E-state index in [9.17, 15) is 4.79 Å².